The fourth-order valence-electron chi connectivity index (χ4n) is 1.76. The Balaban J connectivity index is 3.01. The number of sulfonamides is 1. The maximum atomic E-state index is 12.1. The van der Waals surface area contributed by atoms with E-state index in [1.54, 1.807) is 20.8 Å². The summed E-state index contributed by atoms with van der Waals surface area (Å²) in [6, 6.07) is 4.10. The summed E-state index contributed by atoms with van der Waals surface area (Å²) in [5.74, 6) is -2.20. The molecule has 0 bridgehead atoms. The Morgan fingerprint density at radius 1 is 1.17 bits per heavy atom. The number of carbonyl (C=O) groups is 2. The van der Waals surface area contributed by atoms with Crippen LogP contribution in [0.1, 0.15) is 31.1 Å². The number of methoxy groups -OCH3 is 2. The van der Waals surface area contributed by atoms with Crippen LogP contribution in [0.5, 0.6) is 5.75 Å². The predicted octanol–water partition coefficient (Wildman–Crippen LogP) is 1.57. The molecule has 0 unspecified atom stereocenters. The van der Waals surface area contributed by atoms with Gasteiger partial charge in [-0.2, -0.15) is 0 Å². The molecule has 0 aliphatic rings. The molecule has 0 amide bonds. The number of ether oxygens (including phenoxy) is 3. The van der Waals surface area contributed by atoms with Crippen LogP contribution in [0.25, 0.3) is 0 Å². The number of benzene rings is 1. The minimum absolute atomic E-state index is 0.0176. The molecule has 0 aliphatic carbocycles. The van der Waals surface area contributed by atoms with Crippen LogP contribution in [-0.2, 0) is 24.3 Å². The molecule has 9 heteroatoms. The maximum Gasteiger partial charge on any atom is 0.337 e. The Hall–Kier alpha value is -2.29. The fourth-order valence-corrected chi connectivity index (χ4v) is 2.70. The molecular weight excluding hydrogens is 338 g/mol. The molecule has 0 aliphatic heterocycles. The molecule has 134 valence electrons. The second-order valence-corrected chi connectivity index (χ2v) is 7.58. The van der Waals surface area contributed by atoms with Gasteiger partial charge in [-0.1, -0.05) is 0 Å². The Bertz CT molecular complexity index is 720. The average molecular weight is 359 g/mol. The first kappa shape index (κ1) is 19.8. The van der Waals surface area contributed by atoms with Crippen molar-refractivity contribution in [2.45, 2.75) is 26.4 Å². The zero-order chi connectivity index (χ0) is 18.5. The van der Waals surface area contributed by atoms with E-state index >= 15 is 0 Å². The van der Waals surface area contributed by atoms with Crippen molar-refractivity contribution in [3.05, 3.63) is 23.8 Å². The van der Waals surface area contributed by atoms with E-state index in [0.29, 0.717) is 0 Å². The number of esters is 2. The Morgan fingerprint density at radius 3 is 2.29 bits per heavy atom. The van der Waals surface area contributed by atoms with Crippen LogP contribution >= 0.6 is 0 Å². The summed E-state index contributed by atoms with van der Waals surface area (Å²) < 4.78 is 41.1. The Morgan fingerprint density at radius 2 is 1.79 bits per heavy atom. The molecule has 0 saturated carbocycles. The van der Waals surface area contributed by atoms with E-state index in [9.17, 15) is 18.0 Å². The highest BCUT2D eigenvalue weighted by atomic mass is 32.2. The zero-order valence-corrected chi connectivity index (χ0v) is 15.0. The minimum atomic E-state index is -4.04. The maximum absolute atomic E-state index is 12.1. The van der Waals surface area contributed by atoms with Gasteiger partial charge in [0.2, 0.25) is 10.0 Å². The van der Waals surface area contributed by atoms with Gasteiger partial charge in [-0.05, 0) is 39.0 Å². The SMILES string of the molecule is COC(=O)c1ccc(OC)c(NS(=O)(=O)CC(=O)OC(C)(C)C)c1. The van der Waals surface area contributed by atoms with Gasteiger partial charge in [-0.25, -0.2) is 13.2 Å². The first-order valence-electron chi connectivity index (χ1n) is 6.96. The van der Waals surface area contributed by atoms with Gasteiger partial charge in [0.1, 0.15) is 11.4 Å². The number of hydrogen-bond acceptors (Lipinski definition) is 7. The lowest BCUT2D eigenvalue weighted by molar-refractivity contribution is -0.151. The summed E-state index contributed by atoms with van der Waals surface area (Å²) >= 11 is 0. The third-order valence-corrected chi connectivity index (χ3v) is 3.76. The van der Waals surface area contributed by atoms with Crippen LogP contribution in [0.15, 0.2) is 18.2 Å². The molecule has 0 spiro atoms. The number of nitrogens with one attached hydrogen (secondary N) is 1. The summed E-state index contributed by atoms with van der Waals surface area (Å²) in [4.78, 5) is 23.2. The van der Waals surface area contributed by atoms with Crippen LogP contribution in [0.4, 0.5) is 5.69 Å². The first-order chi connectivity index (χ1) is 11.0. The lowest BCUT2D eigenvalue weighted by atomic mass is 10.2. The molecule has 0 heterocycles. The minimum Gasteiger partial charge on any atom is -0.495 e. The van der Waals surface area contributed by atoms with Crippen molar-refractivity contribution in [3.8, 4) is 5.75 Å². The molecule has 0 saturated heterocycles. The lowest BCUT2D eigenvalue weighted by Gasteiger charge is -2.19. The lowest BCUT2D eigenvalue weighted by Crippen LogP contribution is -2.30. The van der Waals surface area contributed by atoms with Crippen LogP contribution in [0.2, 0.25) is 0 Å². The Labute approximate surface area is 141 Å². The van der Waals surface area contributed by atoms with E-state index in [2.05, 4.69) is 9.46 Å². The van der Waals surface area contributed by atoms with Crippen LogP contribution < -0.4 is 9.46 Å². The first-order valence-corrected chi connectivity index (χ1v) is 8.61. The van der Waals surface area contributed by atoms with Gasteiger partial charge < -0.3 is 14.2 Å². The van der Waals surface area contributed by atoms with E-state index in [-0.39, 0.29) is 17.0 Å². The summed E-state index contributed by atoms with van der Waals surface area (Å²) in [5, 5.41) is 0. The monoisotopic (exact) mass is 359 g/mol. The van der Waals surface area contributed by atoms with Crippen LogP contribution in [0.3, 0.4) is 0 Å². The molecule has 1 aromatic carbocycles. The molecule has 1 rings (SSSR count). The van der Waals surface area contributed by atoms with Crippen LogP contribution in [0, 0.1) is 0 Å². The van der Waals surface area contributed by atoms with Gasteiger partial charge in [0.25, 0.3) is 0 Å². The Kier molecular flexibility index (Phi) is 6.19. The van der Waals surface area contributed by atoms with Crippen LogP contribution in [-0.4, -0.2) is 45.9 Å². The number of carbonyl (C=O) groups excluding carboxylic acids is 2. The number of anilines is 1. The molecular formula is C15H21NO7S. The van der Waals surface area contributed by atoms with Gasteiger partial charge in [0.05, 0.1) is 25.5 Å². The summed E-state index contributed by atoms with van der Waals surface area (Å²) in [7, 11) is -1.49. The smallest absolute Gasteiger partial charge is 0.337 e. The highest BCUT2D eigenvalue weighted by Gasteiger charge is 2.24. The second kappa shape index (κ2) is 7.52. The van der Waals surface area contributed by atoms with Gasteiger partial charge in [-0.15, -0.1) is 0 Å². The predicted molar refractivity (Wildman–Crippen MR) is 87.6 cm³/mol. The van der Waals surface area contributed by atoms with Crippen molar-refractivity contribution < 1.29 is 32.2 Å². The van der Waals surface area contributed by atoms with Crippen molar-refractivity contribution in [2.24, 2.45) is 0 Å². The third kappa shape index (κ3) is 6.07. The molecule has 24 heavy (non-hydrogen) atoms. The average Bonchev–Trinajstić information content (AvgIpc) is 2.42. The molecule has 0 aromatic heterocycles. The largest absolute Gasteiger partial charge is 0.495 e. The zero-order valence-electron chi connectivity index (χ0n) is 14.2. The molecule has 1 N–H and O–H groups in total. The summed E-state index contributed by atoms with van der Waals surface area (Å²) in [6.45, 7) is 4.90. The highest BCUT2D eigenvalue weighted by molar-refractivity contribution is 7.93. The van der Waals surface area contributed by atoms with Gasteiger partial charge in [0.15, 0.2) is 5.75 Å². The van der Waals surface area contributed by atoms with Crippen molar-refractivity contribution in [2.75, 3.05) is 24.7 Å². The van der Waals surface area contributed by atoms with Crippen molar-refractivity contribution in [1.29, 1.82) is 0 Å². The third-order valence-electron chi connectivity index (χ3n) is 2.61. The van der Waals surface area contributed by atoms with Crippen molar-refractivity contribution in [3.63, 3.8) is 0 Å². The highest BCUT2D eigenvalue weighted by Crippen LogP contribution is 2.27. The van der Waals surface area contributed by atoms with Gasteiger partial charge >= 0.3 is 11.9 Å². The molecule has 1 aromatic rings. The molecule has 0 radical (unpaired) electrons. The molecule has 0 atom stereocenters. The summed E-state index contributed by atoms with van der Waals surface area (Å²) in [6.07, 6.45) is 0. The van der Waals surface area contributed by atoms with Crippen molar-refractivity contribution >= 4 is 27.6 Å². The van der Waals surface area contributed by atoms with E-state index in [0.717, 1.165) is 0 Å². The quantitative estimate of drug-likeness (QED) is 0.768. The van der Waals surface area contributed by atoms with Gasteiger partial charge in [-0.3, -0.25) is 9.52 Å². The van der Waals surface area contributed by atoms with Gasteiger partial charge in [0, 0.05) is 0 Å². The number of rotatable bonds is 6. The second-order valence-electron chi connectivity index (χ2n) is 5.85. The summed E-state index contributed by atoms with van der Waals surface area (Å²) in [5.41, 5.74) is -0.646. The standard InChI is InChI=1S/C15H21NO7S/c1-15(2,3)23-13(17)9-24(19,20)16-11-8-10(14(18)22-5)6-7-12(11)21-4/h6-8,16H,9H2,1-5H3. The fraction of sp³-hybridized carbons (Fsp3) is 0.467. The molecule has 0 fully saturated rings. The molecule has 8 nitrogen and oxygen atoms in total. The van der Waals surface area contributed by atoms with E-state index < -0.39 is 33.3 Å². The van der Waals surface area contributed by atoms with E-state index in [1.165, 1.54) is 32.4 Å². The normalized spacial score (nSPS) is 11.5. The number of hydrogen-bond donors (Lipinski definition) is 1. The van der Waals surface area contributed by atoms with E-state index in [1.807, 2.05) is 0 Å². The van der Waals surface area contributed by atoms with Crippen molar-refractivity contribution in [1.82, 2.24) is 0 Å². The van der Waals surface area contributed by atoms with E-state index in [4.69, 9.17) is 9.47 Å². The topological polar surface area (TPSA) is 108 Å².